The van der Waals surface area contributed by atoms with Crippen LogP contribution in [0.15, 0.2) is 48.5 Å². The van der Waals surface area contributed by atoms with Crippen molar-refractivity contribution >= 4 is 16.7 Å². The minimum atomic E-state index is 0.408. The SMILES string of the molecule is CC(C)CCn1c(CN2CC3(CCC3)c3ccccc32)nc2ccccc21. The molecular weight excluding hydrogens is 330 g/mol. The first-order chi connectivity index (χ1) is 13.2. The van der Waals surface area contributed by atoms with Crippen molar-refractivity contribution in [3.05, 3.63) is 59.9 Å². The number of rotatable bonds is 5. The van der Waals surface area contributed by atoms with Gasteiger partial charge in [0.25, 0.3) is 0 Å². The molecule has 1 fully saturated rings. The van der Waals surface area contributed by atoms with Gasteiger partial charge in [0, 0.05) is 24.2 Å². The lowest BCUT2D eigenvalue weighted by Gasteiger charge is -2.39. The van der Waals surface area contributed by atoms with Crippen LogP contribution >= 0.6 is 0 Å². The minimum absolute atomic E-state index is 0.408. The molecule has 1 saturated carbocycles. The number of para-hydroxylation sites is 3. The van der Waals surface area contributed by atoms with E-state index in [9.17, 15) is 0 Å². The average Bonchev–Trinajstić information content (AvgIpc) is 3.16. The molecule has 1 aliphatic carbocycles. The number of anilines is 1. The van der Waals surface area contributed by atoms with Crippen LogP contribution in [0, 0.1) is 5.92 Å². The van der Waals surface area contributed by atoms with E-state index in [1.807, 2.05) is 0 Å². The molecule has 0 radical (unpaired) electrons. The van der Waals surface area contributed by atoms with Gasteiger partial charge < -0.3 is 9.47 Å². The Balaban J connectivity index is 1.51. The third-order valence-electron chi connectivity index (χ3n) is 6.62. The number of nitrogens with zero attached hydrogens (tertiary/aromatic N) is 3. The zero-order valence-corrected chi connectivity index (χ0v) is 16.5. The summed E-state index contributed by atoms with van der Waals surface area (Å²) in [7, 11) is 0. The van der Waals surface area contributed by atoms with Crippen LogP contribution in [0.5, 0.6) is 0 Å². The van der Waals surface area contributed by atoms with E-state index in [2.05, 4.69) is 71.8 Å². The molecule has 1 spiro atoms. The van der Waals surface area contributed by atoms with Gasteiger partial charge in [-0.3, -0.25) is 0 Å². The molecule has 1 aliphatic heterocycles. The van der Waals surface area contributed by atoms with E-state index >= 15 is 0 Å². The van der Waals surface area contributed by atoms with Gasteiger partial charge in [0.05, 0.1) is 17.6 Å². The molecule has 1 aromatic heterocycles. The lowest BCUT2D eigenvalue weighted by atomic mass is 9.66. The normalized spacial score (nSPS) is 17.7. The van der Waals surface area contributed by atoms with E-state index in [4.69, 9.17) is 4.98 Å². The van der Waals surface area contributed by atoms with Crippen molar-refractivity contribution in [2.75, 3.05) is 11.4 Å². The Kier molecular flexibility index (Phi) is 3.99. The highest BCUT2D eigenvalue weighted by molar-refractivity contribution is 5.76. The topological polar surface area (TPSA) is 21.1 Å². The molecule has 2 aliphatic rings. The Hall–Kier alpha value is -2.29. The van der Waals surface area contributed by atoms with Crippen molar-refractivity contribution in [2.45, 2.75) is 58.0 Å². The van der Waals surface area contributed by atoms with Gasteiger partial charge in [-0.15, -0.1) is 0 Å². The molecule has 0 unspecified atom stereocenters. The summed E-state index contributed by atoms with van der Waals surface area (Å²) < 4.78 is 2.46. The molecule has 0 saturated heterocycles. The largest absolute Gasteiger partial charge is 0.363 e. The predicted molar refractivity (Wildman–Crippen MR) is 112 cm³/mol. The Labute approximate surface area is 162 Å². The first kappa shape index (κ1) is 16.9. The minimum Gasteiger partial charge on any atom is -0.363 e. The second-order valence-electron chi connectivity index (χ2n) is 8.86. The fraction of sp³-hybridized carbons (Fsp3) is 0.458. The van der Waals surface area contributed by atoms with Crippen molar-refractivity contribution in [1.29, 1.82) is 0 Å². The van der Waals surface area contributed by atoms with Crippen LogP contribution in [0.2, 0.25) is 0 Å². The maximum absolute atomic E-state index is 5.04. The second kappa shape index (κ2) is 6.40. The molecule has 3 heteroatoms. The number of benzene rings is 2. The Morgan fingerprint density at radius 2 is 1.81 bits per heavy atom. The summed E-state index contributed by atoms with van der Waals surface area (Å²) in [6.45, 7) is 7.71. The smallest absolute Gasteiger partial charge is 0.129 e. The standard InChI is InChI=1S/C24H29N3/c1-18(2)12-15-27-22-11-6-4-9-20(22)25-23(27)16-26-17-24(13-7-14-24)19-8-3-5-10-21(19)26/h3-6,8-11,18H,7,12-17H2,1-2H3. The molecule has 2 aromatic carbocycles. The lowest BCUT2D eigenvalue weighted by Crippen LogP contribution is -2.39. The molecular formula is C24H29N3. The number of fused-ring (bicyclic) bond motifs is 3. The van der Waals surface area contributed by atoms with Crippen LogP contribution in [0.4, 0.5) is 5.69 Å². The van der Waals surface area contributed by atoms with E-state index in [0.717, 1.165) is 25.2 Å². The third-order valence-corrected chi connectivity index (χ3v) is 6.62. The number of aryl methyl sites for hydroxylation is 1. The summed E-state index contributed by atoms with van der Waals surface area (Å²) in [4.78, 5) is 7.62. The van der Waals surface area contributed by atoms with E-state index in [-0.39, 0.29) is 0 Å². The van der Waals surface area contributed by atoms with Crippen LogP contribution < -0.4 is 4.90 Å². The molecule has 0 atom stereocenters. The highest BCUT2D eigenvalue weighted by Gasteiger charge is 2.46. The summed E-state index contributed by atoms with van der Waals surface area (Å²) in [6.07, 6.45) is 5.23. The second-order valence-corrected chi connectivity index (χ2v) is 8.86. The van der Waals surface area contributed by atoms with Crippen molar-refractivity contribution in [1.82, 2.24) is 9.55 Å². The maximum Gasteiger partial charge on any atom is 0.129 e. The zero-order chi connectivity index (χ0) is 18.4. The first-order valence-electron chi connectivity index (χ1n) is 10.4. The predicted octanol–water partition coefficient (Wildman–Crippen LogP) is 5.52. The molecule has 0 N–H and O–H groups in total. The average molecular weight is 360 g/mol. The van der Waals surface area contributed by atoms with Crippen molar-refractivity contribution in [3.8, 4) is 0 Å². The van der Waals surface area contributed by atoms with Crippen LogP contribution in [0.25, 0.3) is 11.0 Å². The van der Waals surface area contributed by atoms with Gasteiger partial charge in [0.1, 0.15) is 5.82 Å². The fourth-order valence-electron chi connectivity index (χ4n) is 4.96. The maximum atomic E-state index is 5.04. The van der Waals surface area contributed by atoms with Gasteiger partial charge >= 0.3 is 0 Å². The number of hydrogen-bond donors (Lipinski definition) is 0. The Morgan fingerprint density at radius 3 is 2.59 bits per heavy atom. The number of aromatic nitrogens is 2. The van der Waals surface area contributed by atoms with Crippen molar-refractivity contribution in [2.24, 2.45) is 5.92 Å². The van der Waals surface area contributed by atoms with Gasteiger partial charge in [-0.1, -0.05) is 50.6 Å². The molecule has 2 heterocycles. The highest BCUT2D eigenvalue weighted by Crippen LogP contribution is 2.52. The van der Waals surface area contributed by atoms with E-state index in [0.29, 0.717) is 11.3 Å². The monoisotopic (exact) mass is 359 g/mol. The molecule has 5 rings (SSSR count). The number of imidazole rings is 1. The van der Waals surface area contributed by atoms with Crippen molar-refractivity contribution < 1.29 is 0 Å². The molecule has 3 aromatic rings. The van der Waals surface area contributed by atoms with Crippen molar-refractivity contribution in [3.63, 3.8) is 0 Å². The first-order valence-corrected chi connectivity index (χ1v) is 10.4. The number of hydrogen-bond acceptors (Lipinski definition) is 2. The molecule has 0 bridgehead atoms. The van der Waals surface area contributed by atoms with Gasteiger partial charge in [-0.25, -0.2) is 4.98 Å². The van der Waals surface area contributed by atoms with Gasteiger partial charge in [-0.2, -0.15) is 0 Å². The zero-order valence-electron chi connectivity index (χ0n) is 16.5. The Bertz CT molecular complexity index is 965. The van der Waals surface area contributed by atoms with Gasteiger partial charge in [0.15, 0.2) is 0 Å². The summed E-state index contributed by atoms with van der Waals surface area (Å²) >= 11 is 0. The molecule has 27 heavy (non-hydrogen) atoms. The molecule has 140 valence electrons. The molecule has 3 nitrogen and oxygen atoms in total. The lowest BCUT2D eigenvalue weighted by molar-refractivity contribution is 0.262. The fourth-order valence-corrected chi connectivity index (χ4v) is 4.96. The summed E-state index contributed by atoms with van der Waals surface area (Å²) in [5.74, 6) is 1.91. The van der Waals surface area contributed by atoms with E-state index in [1.165, 1.54) is 42.7 Å². The third kappa shape index (κ3) is 2.75. The Morgan fingerprint density at radius 1 is 1.04 bits per heavy atom. The van der Waals surface area contributed by atoms with Gasteiger partial charge in [-0.05, 0) is 48.9 Å². The van der Waals surface area contributed by atoms with E-state index < -0.39 is 0 Å². The van der Waals surface area contributed by atoms with Crippen LogP contribution in [0.1, 0.15) is 50.9 Å². The summed E-state index contributed by atoms with van der Waals surface area (Å²) in [6, 6.07) is 17.7. The van der Waals surface area contributed by atoms with Crippen LogP contribution in [0.3, 0.4) is 0 Å². The van der Waals surface area contributed by atoms with E-state index in [1.54, 1.807) is 5.56 Å². The van der Waals surface area contributed by atoms with Crippen LogP contribution in [-0.2, 0) is 18.5 Å². The highest BCUT2D eigenvalue weighted by atomic mass is 15.2. The quantitative estimate of drug-likeness (QED) is 0.598. The summed E-state index contributed by atoms with van der Waals surface area (Å²) in [5.41, 5.74) is 5.81. The van der Waals surface area contributed by atoms with Gasteiger partial charge in [0.2, 0.25) is 0 Å². The van der Waals surface area contributed by atoms with Crippen LogP contribution in [-0.4, -0.2) is 16.1 Å². The summed E-state index contributed by atoms with van der Waals surface area (Å²) in [5, 5.41) is 0. The molecule has 0 amide bonds.